The van der Waals surface area contributed by atoms with E-state index in [4.69, 9.17) is 22.3 Å². The Hall–Kier alpha value is 0.400. The molecule has 1 aliphatic carbocycles. The summed E-state index contributed by atoms with van der Waals surface area (Å²) >= 11 is 5.47. The van der Waals surface area contributed by atoms with Gasteiger partial charge in [-0.2, -0.15) is 0 Å². The molecule has 0 N–H and O–H groups in total. The van der Waals surface area contributed by atoms with E-state index in [1.807, 2.05) is 0 Å². The molecule has 106 valence electrons. The maximum absolute atomic E-state index is 11.3. The largest absolute Gasteiger partial charge is 0.280 e. The molecule has 0 amide bonds. The topological polar surface area (TPSA) is 34.1 Å². The average Bonchev–Trinajstić information content (AvgIpc) is 2.49. The number of rotatable bonds is 5. The lowest BCUT2D eigenvalue weighted by molar-refractivity contribution is -0.111. The summed E-state index contributed by atoms with van der Waals surface area (Å²) in [6.45, 7) is 8.94. The highest BCUT2D eigenvalue weighted by atomic mass is 35.7. The SMILES string of the molecule is C[C@H](CC(C(=O)Cl)S(=O)Cl)[C@H]1CC[C@@H](C)C1(C)C. The van der Waals surface area contributed by atoms with E-state index in [9.17, 15) is 9.00 Å². The predicted molar refractivity (Wildman–Crippen MR) is 78.1 cm³/mol. The van der Waals surface area contributed by atoms with Crippen molar-refractivity contribution in [3.05, 3.63) is 0 Å². The first-order valence-corrected chi connectivity index (χ1v) is 8.85. The van der Waals surface area contributed by atoms with Crippen LogP contribution in [0.5, 0.6) is 0 Å². The maximum Gasteiger partial charge on any atom is 0.238 e. The van der Waals surface area contributed by atoms with Gasteiger partial charge in [0, 0.05) is 0 Å². The Balaban J connectivity index is 2.74. The maximum atomic E-state index is 11.3. The number of halogens is 2. The van der Waals surface area contributed by atoms with Gasteiger partial charge in [-0.05, 0) is 64.7 Å². The molecule has 0 aromatic heterocycles. The van der Waals surface area contributed by atoms with Crippen molar-refractivity contribution in [3.63, 3.8) is 0 Å². The number of carbonyl (C=O) groups excluding carboxylic acids is 1. The Labute approximate surface area is 122 Å². The van der Waals surface area contributed by atoms with Crippen molar-refractivity contribution in [3.8, 4) is 0 Å². The molecule has 0 saturated heterocycles. The minimum atomic E-state index is -1.70. The van der Waals surface area contributed by atoms with Crippen LogP contribution >= 0.6 is 22.3 Å². The Bertz CT molecular complexity index is 330. The normalized spacial score (nSPS) is 31.9. The molecule has 1 fully saturated rings. The Morgan fingerprint density at radius 3 is 2.33 bits per heavy atom. The van der Waals surface area contributed by atoms with E-state index in [0.29, 0.717) is 24.2 Å². The minimum absolute atomic E-state index is 0.257. The summed E-state index contributed by atoms with van der Waals surface area (Å²) < 4.78 is 11.3. The first-order valence-electron chi connectivity index (χ1n) is 6.44. The van der Waals surface area contributed by atoms with Crippen LogP contribution in [0.15, 0.2) is 0 Å². The van der Waals surface area contributed by atoms with Crippen molar-refractivity contribution in [1.29, 1.82) is 0 Å². The molecule has 0 radical (unpaired) electrons. The van der Waals surface area contributed by atoms with Crippen LogP contribution in [0, 0.1) is 23.2 Å². The van der Waals surface area contributed by atoms with E-state index in [1.54, 1.807) is 0 Å². The van der Waals surface area contributed by atoms with E-state index >= 15 is 0 Å². The summed E-state index contributed by atoms with van der Waals surface area (Å²) in [4.78, 5) is 11.2. The Morgan fingerprint density at radius 2 is 2.00 bits per heavy atom. The molecular formula is C13H22Cl2O2S. The summed E-state index contributed by atoms with van der Waals surface area (Å²) in [5.41, 5.74) is 0.257. The van der Waals surface area contributed by atoms with E-state index in [1.165, 1.54) is 6.42 Å². The zero-order valence-electron chi connectivity index (χ0n) is 11.4. The second-order valence-electron chi connectivity index (χ2n) is 6.16. The molecule has 0 spiro atoms. The van der Waals surface area contributed by atoms with Crippen molar-refractivity contribution in [2.75, 3.05) is 0 Å². The van der Waals surface area contributed by atoms with Crippen LogP contribution in [0.1, 0.15) is 47.0 Å². The molecule has 0 aromatic carbocycles. The van der Waals surface area contributed by atoms with Gasteiger partial charge in [-0.25, -0.2) is 4.21 Å². The highest BCUT2D eigenvalue weighted by Gasteiger charge is 2.43. The lowest BCUT2D eigenvalue weighted by Gasteiger charge is -2.36. The van der Waals surface area contributed by atoms with Crippen LogP contribution < -0.4 is 0 Å². The molecule has 5 atom stereocenters. The molecule has 2 unspecified atom stereocenters. The van der Waals surface area contributed by atoms with Crippen molar-refractivity contribution >= 4 is 37.5 Å². The van der Waals surface area contributed by atoms with Crippen LogP contribution in [0.2, 0.25) is 0 Å². The van der Waals surface area contributed by atoms with E-state index in [0.717, 1.165) is 6.42 Å². The molecule has 0 heterocycles. The molecule has 0 aliphatic heterocycles. The Morgan fingerprint density at radius 1 is 1.44 bits per heavy atom. The summed E-state index contributed by atoms with van der Waals surface area (Å²) in [7, 11) is 3.86. The highest BCUT2D eigenvalue weighted by molar-refractivity contribution is 8.09. The summed E-state index contributed by atoms with van der Waals surface area (Å²) in [6, 6.07) is 0. The molecule has 1 rings (SSSR count). The highest BCUT2D eigenvalue weighted by Crippen LogP contribution is 2.51. The van der Waals surface area contributed by atoms with Gasteiger partial charge in [-0.1, -0.05) is 27.7 Å². The first kappa shape index (κ1) is 16.5. The van der Waals surface area contributed by atoms with Crippen molar-refractivity contribution < 1.29 is 9.00 Å². The summed E-state index contributed by atoms with van der Waals surface area (Å²) in [5, 5.41) is -1.32. The third kappa shape index (κ3) is 3.49. The lowest BCUT2D eigenvalue weighted by Crippen LogP contribution is -2.32. The second-order valence-corrected chi connectivity index (χ2v) is 8.51. The van der Waals surface area contributed by atoms with Gasteiger partial charge in [-0.3, -0.25) is 4.79 Å². The molecule has 2 nitrogen and oxygen atoms in total. The smallest absolute Gasteiger partial charge is 0.238 e. The van der Waals surface area contributed by atoms with Crippen LogP contribution in [0.4, 0.5) is 0 Å². The van der Waals surface area contributed by atoms with Crippen molar-refractivity contribution in [1.82, 2.24) is 0 Å². The third-order valence-corrected chi connectivity index (χ3v) is 6.78. The molecule has 0 aromatic rings. The Kier molecular flexibility index (Phi) is 5.70. The van der Waals surface area contributed by atoms with Crippen LogP contribution in [0.25, 0.3) is 0 Å². The molecule has 18 heavy (non-hydrogen) atoms. The van der Waals surface area contributed by atoms with Gasteiger partial charge < -0.3 is 0 Å². The fraction of sp³-hybridized carbons (Fsp3) is 0.923. The first-order chi connectivity index (χ1) is 8.17. The van der Waals surface area contributed by atoms with Gasteiger partial charge in [0.2, 0.25) is 5.24 Å². The number of hydrogen-bond acceptors (Lipinski definition) is 2. The van der Waals surface area contributed by atoms with Gasteiger partial charge in [0.25, 0.3) is 0 Å². The lowest BCUT2D eigenvalue weighted by atomic mass is 9.70. The molecule has 5 heteroatoms. The zero-order chi connectivity index (χ0) is 14.1. The van der Waals surface area contributed by atoms with Gasteiger partial charge >= 0.3 is 0 Å². The molecule has 1 saturated carbocycles. The number of hydrogen-bond donors (Lipinski definition) is 0. The van der Waals surface area contributed by atoms with E-state index in [2.05, 4.69) is 27.7 Å². The van der Waals surface area contributed by atoms with E-state index in [-0.39, 0.29) is 5.41 Å². The van der Waals surface area contributed by atoms with Crippen LogP contribution in [-0.2, 0) is 14.8 Å². The fourth-order valence-corrected chi connectivity index (χ4v) is 4.83. The van der Waals surface area contributed by atoms with Gasteiger partial charge in [0.15, 0.2) is 0 Å². The molecule has 1 aliphatic rings. The predicted octanol–water partition coefficient (Wildman–Crippen LogP) is 4.12. The third-order valence-electron chi connectivity index (χ3n) is 4.89. The van der Waals surface area contributed by atoms with Gasteiger partial charge in [-0.15, -0.1) is 0 Å². The number of carbonyl (C=O) groups is 1. The van der Waals surface area contributed by atoms with Gasteiger partial charge in [0.05, 0.1) is 0 Å². The molecular weight excluding hydrogens is 291 g/mol. The van der Waals surface area contributed by atoms with E-state index < -0.39 is 20.5 Å². The monoisotopic (exact) mass is 312 g/mol. The average molecular weight is 313 g/mol. The van der Waals surface area contributed by atoms with Crippen LogP contribution in [0.3, 0.4) is 0 Å². The van der Waals surface area contributed by atoms with Crippen molar-refractivity contribution in [2.45, 2.75) is 52.2 Å². The second kappa shape index (κ2) is 6.23. The zero-order valence-corrected chi connectivity index (χ0v) is 13.7. The van der Waals surface area contributed by atoms with Crippen molar-refractivity contribution in [2.24, 2.45) is 23.2 Å². The van der Waals surface area contributed by atoms with Gasteiger partial charge in [0.1, 0.15) is 15.3 Å². The van der Waals surface area contributed by atoms with Crippen LogP contribution in [-0.4, -0.2) is 14.7 Å². The summed E-state index contributed by atoms with van der Waals surface area (Å²) in [5.74, 6) is 1.52. The fourth-order valence-electron chi connectivity index (χ4n) is 3.30. The standard InChI is InChI=1S/C13H22Cl2O2S/c1-8(7-11(12(14)16)18(15)17)10-6-5-9(2)13(10,3)4/h8-11H,5-7H2,1-4H3/t8-,9-,10-,11?,18?/m1/s1. The molecule has 0 bridgehead atoms. The summed E-state index contributed by atoms with van der Waals surface area (Å²) in [6.07, 6.45) is 2.89. The quantitative estimate of drug-likeness (QED) is 0.715. The minimum Gasteiger partial charge on any atom is -0.280 e.